The van der Waals surface area contributed by atoms with E-state index < -0.39 is 0 Å². The molecule has 4 heteroatoms. The van der Waals surface area contributed by atoms with Gasteiger partial charge in [-0.05, 0) is 65.4 Å². The average molecular weight is 614 g/mol. The Morgan fingerprint density at radius 1 is 0.396 bits per heavy atom. The number of furan rings is 1. The van der Waals surface area contributed by atoms with E-state index in [0.29, 0.717) is 5.82 Å². The Hall–Kier alpha value is -6.52. The molecule has 0 spiro atoms. The van der Waals surface area contributed by atoms with Crippen molar-refractivity contribution in [1.82, 2.24) is 14.5 Å². The van der Waals surface area contributed by atoms with Gasteiger partial charge < -0.3 is 8.98 Å². The van der Waals surface area contributed by atoms with Gasteiger partial charge in [0.2, 0.25) is 0 Å². The largest absolute Gasteiger partial charge is 0.456 e. The van der Waals surface area contributed by atoms with Crippen molar-refractivity contribution < 1.29 is 4.42 Å². The highest BCUT2D eigenvalue weighted by Crippen LogP contribution is 2.38. The smallest absolute Gasteiger partial charge is 0.160 e. The van der Waals surface area contributed by atoms with Crippen LogP contribution >= 0.6 is 0 Å². The van der Waals surface area contributed by atoms with Crippen LogP contribution in [0.2, 0.25) is 0 Å². The number of hydrogen-bond acceptors (Lipinski definition) is 3. The van der Waals surface area contributed by atoms with Crippen molar-refractivity contribution in [2.24, 2.45) is 0 Å². The molecule has 3 heterocycles. The van der Waals surface area contributed by atoms with E-state index in [0.717, 1.165) is 66.6 Å². The maximum Gasteiger partial charge on any atom is 0.160 e. The highest BCUT2D eigenvalue weighted by molar-refractivity contribution is 6.17. The number of hydrogen-bond donors (Lipinski definition) is 0. The number of benzene rings is 7. The van der Waals surface area contributed by atoms with Crippen LogP contribution in [0.5, 0.6) is 0 Å². The SMILES string of the molecule is c1ccc(-c2cc(-c3ccc(-n4c5ccccc5c5cc6cc7c(cc6cc54)oc4ccccc47)cc3)nc(-c3ccccc3)n2)cc1. The lowest BCUT2D eigenvalue weighted by Crippen LogP contribution is -1.97. The van der Waals surface area contributed by atoms with Crippen LogP contribution < -0.4 is 0 Å². The van der Waals surface area contributed by atoms with Crippen LogP contribution in [0.3, 0.4) is 0 Å². The zero-order valence-corrected chi connectivity index (χ0v) is 25.8. The van der Waals surface area contributed by atoms with Crippen LogP contribution in [-0.4, -0.2) is 14.5 Å². The summed E-state index contributed by atoms with van der Waals surface area (Å²) >= 11 is 0. The van der Waals surface area contributed by atoms with E-state index in [1.165, 1.54) is 21.7 Å². The van der Waals surface area contributed by atoms with Crippen molar-refractivity contribution in [2.45, 2.75) is 0 Å². The summed E-state index contributed by atoms with van der Waals surface area (Å²) in [6, 6.07) is 57.3. The second-order valence-corrected chi connectivity index (χ2v) is 12.3. The summed E-state index contributed by atoms with van der Waals surface area (Å²) in [5, 5.41) is 7.10. The fourth-order valence-corrected chi connectivity index (χ4v) is 7.06. The van der Waals surface area contributed by atoms with Crippen LogP contribution in [-0.2, 0) is 0 Å². The Kier molecular flexibility index (Phi) is 5.84. The van der Waals surface area contributed by atoms with Gasteiger partial charge in [0.15, 0.2) is 5.82 Å². The molecule has 10 rings (SSSR count). The van der Waals surface area contributed by atoms with E-state index >= 15 is 0 Å². The molecule has 0 fully saturated rings. The van der Waals surface area contributed by atoms with Gasteiger partial charge in [-0.15, -0.1) is 0 Å². The molecule has 0 aliphatic carbocycles. The van der Waals surface area contributed by atoms with Gasteiger partial charge in [0.05, 0.1) is 22.4 Å². The number of fused-ring (bicyclic) bond motifs is 7. The van der Waals surface area contributed by atoms with Gasteiger partial charge in [-0.3, -0.25) is 0 Å². The normalized spacial score (nSPS) is 11.8. The minimum atomic E-state index is 0.712. The lowest BCUT2D eigenvalue weighted by atomic mass is 10.0. The molecule has 0 radical (unpaired) electrons. The highest BCUT2D eigenvalue weighted by atomic mass is 16.3. The molecule has 0 aliphatic rings. The Bertz CT molecular complexity index is 2760. The van der Waals surface area contributed by atoms with Crippen LogP contribution in [0.25, 0.3) is 94.1 Å². The zero-order chi connectivity index (χ0) is 31.6. The Balaban J connectivity index is 1.13. The van der Waals surface area contributed by atoms with Gasteiger partial charge in [0.1, 0.15) is 11.2 Å². The molecular formula is C44H27N3O. The third-order valence-corrected chi connectivity index (χ3v) is 9.38. The summed E-state index contributed by atoms with van der Waals surface area (Å²) in [5.41, 5.74) is 10.1. The van der Waals surface area contributed by atoms with Crippen LogP contribution in [0, 0.1) is 0 Å². The van der Waals surface area contributed by atoms with Gasteiger partial charge in [-0.1, -0.05) is 109 Å². The summed E-state index contributed by atoms with van der Waals surface area (Å²) in [7, 11) is 0. The van der Waals surface area contributed by atoms with Gasteiger partial charge >= 0.3 is 0 Å². The first kappa shape index (κ1) is 26.7. The highest BCUT2D eigenvalue weighted by Gasteiger charge is 2.16. The summed E-state index contributed by atoms with van der Waals surface area (Å²) in [6.45, 7) is 0. The predicted molar refractivity (Wildman–Crippen MR) is 197 cm³/mol. The Labute approximate surface area is 276 Å². The summed E-state index contributed by atoms with van der Waals surface area (Å²) in [4.78, 5) is 10.00. The summed E-state index contributed by atoms with van der Waals surface area (Å²) < 4.78 is 8.62. The van der Waals surface area contributed by atoms with E-state index in [-0.39, 0.29) is 0 Å². The average Bonchev–Trinajstić information content (AvgIpc) is 3.68. The molecule has 0 saturated carbocycles. The quantitative estimate of drug-likeness (QED) is 0.198. The lowest BCUT2D eigenvalue weighted by Gasteiger charge is -2.11. The summed E-state index contributed by atoms with van der Waals surface area (Å²) in [5.74, 6) is 0.712. The molecule has 0 bridgehead atoms. The van der Waals surface area contributed by atoms with Gasteiger partial charge in [-0.2, -0.15) is 0 Å². The van der Waals surface area contributed by atoms with Crippen molar-refractivity contribution in [3.8, 4) is 39.6 Å². The van der Waals surface area contributed by atoms with Crippen molar-refractivity contribution in [1.29, 1.82) is 0 Å². The molecule has 0 atom stereocenters. The second-order valence-electron chi connectivity index (χ2n) is 12.3. The van der Waals surface area contributed by atoms with E-state index in [2.05, 4.69) is 120 Å². The molecular weight excluding hydrogens is 587 g/mol. The van der Waals surface area contributed by atoms with Crippen molar-refractivity contribution in [3.05, 3.63) is 164 Å². The first-order valence-corrected chi connectivity index (χ1v) is 16.2. The third kappa shape index (κ3) is 4.24. The first-order valence-electron chi connectivity index (χ1n) is 16.2. The van der Waals surface area contributed by atoms with Crippen LogP contribution in [0.4, 0.5) is 0 Å². The van der Waals surface area contributed by atoms with E-state index in [4.69, 9.17) is 14.4 Å². The Morgan fingerprint density at radius 2 is 1.00 bits per heavy atom. The van der Waals surface area contributed by atoms with E-state index in [1.54, 1.807) is 0 Å². The molecule has 0 saturated heterocycles. The molecule has 48 heavy (non-hydrogen) atoms. The molecule has 10 aromatic rings. The first-order chi connectivity index (χ1) is 23.8. The van der Waals surface area contributed by atoms with Crippen LogP contribution in [0.1, 0.15) is 0 Å². The van der Waals surface area contributed by atoms with Gasteiger partial charge in [-0.25, -0.2) is 9.97 Å². The number of nitrogens with zero attached hydrogens (tertiary/aromatic N) is 3. The van der Waals surface area contributed by atoms with Gasteiger partial charge in [0.25, 0.3) is 0 Å². The molecule has 224 valence electrons. The topological polar surface area (TPSA) is 43.9 Å². The van der Waals surface area contributed by atoms with Crippen molar-refractivity contribution in [3.63, 3.8) is 0 Å². The number of aromatic nitrogens is 3. The van der Waals surface area contributed by atoms with Gasteiger partial charge in [0, 0.05) is 43.9 Å². The second kappa shape index (κ2) is 10.5. The molecule has 0 aliphatic heterocycles. The van der Waals surface area contributed by atoms with E-state index in [9.17, 15) is 0 Å². The number of rotatable bonds is 4. The van der Waals surface area contributed by atoms with Crippen LogP contribution in [0.15, 0.2) is 168 Å². The van der Waals surface area contributed by atoms with Crippen molar-refractivity contribution >= 4 is 54.5 Å². The summed E-state index contributed by atoms with van der Waals surface area (Å²) in [6.07, 6.45) is 0. The van der Waals surface area contributed by atoms with E-state index in [1.807, 2.05) is 48.5 Å². The Morgan fingerprint density at radius 3 is 1.77 bits per heavy atom. The molecule has 0 amide bonds. The fourth-order valence-electron chi connectivity index (χ4n) is 7.06. The molecule has 3 aromatic heterocycles. The standard InChI is InChI=1S/C44H27N3O/c1-3-11-28(12-4-1)38-27-39(46-44(45-38)30-13-5-2-6-14-30)29-19-21-33(22-20-29)47-40-17-9-7-15-34(40)36-23-31-24-37-35-16-8-10-18-42(35)48-43(37)26-32(31)25-41(36)47/h1-27H. The third-order valence-electron chi connectivity index (χ3n) is 9.38. The zero-order valence-electron chi connectivity index (χ0n) is 25.8. The maximum atomic E-state index is 6.26. The minimum Gasteiger partial charge on any atom is -0.456 e. The van der Waals surface area contributed by atoms with Crippen molar-refractivity contribution in [2.75, 3.05) is 0 Å². The fraction of sp³-hybridized carbons (Fsp3) is 0. The maximum absolute atomic E-state index is 6.26. The molecule has 7 aromatic carbocycles. The minimum absolute atomic E-state index is 0.712. The lowest BCUT2D eigenvalue weighted by molar-refractivity contribution is 0.669. The molecule has 0 N–H and O–H groups in total. The predicted octanol–water partition coefficient (Wildman–Crippen LogP) is 11.6. The molecule has 4 nitrogen and oxygen atoms in total. The number of para-hydroxylation sites is 2. The monoisotopic (exact) mass is 613 g/mol. The molecule has 0 unspecified atom stereocenters.